The van der Waals surface area contributed by atoms with E-state index in [2.05, 4.69) is 15.6 Å². The molecule has 0 bridgehead atoms. The van der Waals surface area contributed by atoms with Crippen LogP contribution in [-0.2, 0) is 15.6 Å². The van der Waals surface area contributed by atoms with Gasteiger partial charge in [0.1, 0.15) is 17.1 Å². The largest absolute Gasteiger partial charge is 0.466 e. The van der Waals surface area contributed by atoms with Gasteiger partial charge in [-0.2, -0.15) is 11.8 Å². The van der Waals surface area contributed by atoms with Gasteiger partial charge in [-0.05, 0) is 33.8 Å². The molecule has 1 atom stereocenters. The van der Waals surface area contributed by atoms with Gasteiger partial charge in [-0.25, -0.2) is 17.7 Å². The third-order valence-corrected chi connectivity index (χ3v) is 7.34. The highest BCUT2D eigenvalue weighted by molar-refractivity contribution is 7.99. The highest BCUT2D eigenvalue weighted by Crippen LogP contribution is 2.27. The maximum atomic E-state index is 12.4. The van der Waals surface area contributed by atoms with Crippen molar-refractivity contribution in [1.29, 1.82) is 0 Å². The highest BCUT2D eigenvalue weighted by atomic mass is 32.2. The molecule has 2 rings (SSSR count). The van der Waals surface area contributed by atoms with Crippen LogP contribution in [0, 0.1) is 13.8 Å². The molecule has 0 spiro atoms. The maximum absolute atomic E-state index is 12.4. The van der Waals surface area contributed by atoms with Crippen molar-refractivity contribution in [3.8, 4) is 0 Å². The third kappa shape index (κ3) is 6.40. The fourth-order valence-corrected chi connectivity index (χ4v) is 5.57. The smallest absolute Gasteiger partial charge is 0.215 e. The number of sulfonamides is 1. The summed E-state index contributed by atoms with van der Waals surface area (Å²) in [6.07, 6.45) is 0. The Bertz CT molecular complexity index is 769. The number of aliphatic imine (C=N–C) groups is 1. The van der Waals surface area contributed by atoms with Crippen LogP contribution in [0.1, 0.15) is 30.9 Å². The summed E-state index contributed by atoms with van der Waals surface area (Å²) < 4.78 is 31.9. The van der Waals surface area contributed by atoms with Crippen molar-refractivity contribution >= 4 is 27.7 Å². The monoisotopic (exact) mass is 432 g/mol. The van der Waals surface area contributed by atoms with Crippen LogP contribution in [-0.4, -0.2) is 73.8 Å². The van der Waals surface area contributed by atoms with Crippen molar-refractivity contribution in [1.82, 2.24) is 14.9 Å². The van der Waals surface area contributed by atoms with E-state index < -0.39 is 15.6 Å². The lowest BCUT2D eigenvalue weighted by Crippen LogP contribution is -2.44. The van der Waals surface area contributed by atoms with Gasteiger partial charge < -0.3 is 20.2 Å². The molecule has 10 heteroatoms. The molecule has 160 valence electrons. The van der Waals surface area contributed by atoms with E-state index in [4.69, 9.17) is 4.42 Å². The summed E-state index contributed by atoms with van der Waals surface area (Å²) in [5.74, 6) is 3.59. The molecule has 1 unspecified atom stereocenters. The van der Waals surface area contributed by atoms with Crippen LogP contribution in [0.3, 0.4) is 0 Å². The van der Waals surface area contributed by atoms with Gasteiger partial charge in [-0.3, -0.25) is 0 Å². The van der Waals surface area contributed by atoms with E-state index in [1.54, 1.807) is 23.0 Å². The fourth-order valence-electron chi connectivity index (χ4n) is 3.08. The minimum absolute atomic E-state index is 0.0124. The second kappa shape index (κ2) is 10.00. The number of furan rings is 1. The standard InChI is InChI=1S/C18H32N4O4S2/c1-5-19-17(20-6-11-28(24,25)22-7-9-27-10-8-22)21-13-18(4,23)16-12-14(2)26-15(16)3/h12,23H,5-11,13H2,1-4H3,(H2,19,20,21). The van der Waals surface area contributed by atoms with E-state index in [9.17, 15) is 13.5 Å². The molecule has 0 aliphatic carbocycles. The number of guanidine groups is 1. The topological polar surface area (TPSA) is 107 Å². The van der Waals surface area contributed by atoms with Crippen LogP contribution in [0.15, 0.2) is 15.5 Å². The zero-order chi connectivity index (χ0) is 20.8. The third-order valence-electron chi connectivity index (χ3n) is 4.53. The summed E-state index contributed by atoms with van der Waals surface area (Å²) in [4.78, 5) is 4.43. The van der Waals surface area contributed by atoms with Crippen LogP contribution in [0.2, 0.25) is 0 Å². The molecule has 2 heterocycles. The second-order valence-electron chi connectivity index (χ2n) is 7.05. The first-order valence-electron chi connectivity index (χ1n) is 9.53. The van der Waals surface area contributed by atoms with Gasteiger partial charge in [-0.15, -0.1) is 0 Å². The number of nitrogens with one attached hydrogen (secondary N) is 2. The number of rotatable bonds is 8. The van der Waals surface area contributed by atoms with E-state index in [0.717, 1.165) is 17.3 Å². The Hall–Kier alpha value is -1.23. The van der Waals surface area contributed by atoms with Gasteiger partial charge in [0.2, 0.25) is 10.0 Å². The summed E-state index contributed by atoms with van der Waals surface area (Å²) in [5, 5.41) is 16.9. The summed E-state index contributed by atoms with van der Waals surface area (Å²) in [5.41, 5.74) is -0.475. The van der Waals surface area contributed by atoms with Gasteiger partial charge in [0, 0.05) is 43.2 Å². The normalized spacial score (nSPS) is 18.7. The lowest BCUT2D eigenvalue weighted by molar-refractivity contribution is 0.0657. The molecule has 0 amide bonds. The van der Waals surface area contributed by atoms with Crippen LogP contribution < -0.4 is 10.6 Å². The number of aliphatic hydroxyl groups is 1. The first-order chi connectivity index (χ1) is 13.2. The van der Waals surface area contributed by atoms with Crippen molar-refractivity contribution < 1.29 is 17.9 Å². The van der Waals surface area contributed by atoms with Crippen molar-refractivity contribution in [3.63, 3.8) is 0 Å². The average molecular weight is 433 g/mol. The van der Waals surface area contributed by atoms with E-state index >= 15 is 0 Å². The van der Waals surface area contributed by atoms with Crippen LogP contribution in [0.5, 0.6) is 0 Å². The molecule has 1 fully saturated rings. The molecule has 28 heavy (non-hydrogen) atoms. The first-order valence-corrected chi connectivity index (χ1v) is 12.3. The number of hydrogen-bond acceptors (Lipinski definition) is 6. The van der Waals surface area contributed by atoms with Gasteiger partial charge in [-0.1, -0.05) is 0 Å². The molecular formula is C18H32N4O4S2. The molecule has 0 aromatic carbocycles. The fraction of sp³-hybridized carbons (Fsp3) is 0.722. The van der Waals surface area contributed by atoms with Crippen molar-refractivity contribution in [2.75, 3.05) is 50.0 Å². The van der Waals surface area contributed by atoms with Gasteiger partial charge in [0.15, 0.2) is 5.96 Å². The summed E-state index contributed by atoms with van der Waals surface area (Å²) in [6, 6.07) is 1.81. The van der Waals surface area contributed by atoms with E-state index in [0.29, 0.717) is 36.9 Å². The van der Waals surface area contributed by atoms with Crippen LogP contribution >= 0.6 is 11.8 Å². The Morgan fingerprint density at radius 3 is 2.61 bits per heavy atom. The maximum Gasteiger partial charge on any atom is 0.215 e. The SMILES string of the molecule is CCNC(=NCC(C)(O)c1cc(C)oc1C)NCCS(=O)(=O)N1CCSCC1. The molecule has 8 nitrogen and oxygen atoms in total. The Morgan fingerprint density at radius 1 is 1.36 bits per heavy atom. The Morgan fingerprint density at radius 2 is 2.04 bits per heavy atom. The zero-order valence-corrected chi connectivity index (χ0v) is 18.8. The Balaban J connectivity index is 1.95. The molecular weight excluding hydrogens is 400 g/mol. The van der Waals surface area contributed by atoms with E-state index in [-0.39, 0.29) is 18.8 Å². The summed E-state index contributed by atoms with van der Waals surface area (Å²) in [6.45, 7) is 9.44. The number of thioether (sulfide) groups is 1. The van der Waals surface area contributed by atoms with Crippen molar-refractivity contribution in [3.05, 3.63) is 23.2 Å². The quantitative estimate of drug-likeness (QED) is 0.416. The Kier molecular flexibility index (Phi) is 8.23. The summed E-state index contributed by atoms with van der Waals surface area (Å²) in [7, 11) is -3.27. The van der Waals surface area contributed by atoms with Gasteiger partial charge >= 0.3 is 0 Å². The van der Waals surface area contributed by atoms with E-state index in [1.807, 2.05) is 26.8 Å². The molecule has 1 aliphatic rings. The molecule has 0 saturated carbocycles. The van der Waals surface area contributed by atoms with Gasteiger partial charge in [0.25, 0.3) is 0 Å². The number of hydrogen-bond donors (Lipinski definition) is 3. The molecule has 0 radical (unpaired) electrons. The molecule has 1 aliphatic heterocycles. The second-order valence-corrected chi connectivity index (χ2v) is 10.4. The molecule has 1 saturated heterocycles. The molecule has 1 aromatic heterocycles. The minimum Gasteiger partial charge on any atom is -0.466 e. The highest BCUT2D eigenvalue weighted by Gasteiger charge is 2.28. The number of aryl methyl sites for hydroxylation is 2. The first kappa shape index (κ1) is 23.1. The van der Waals surface area contributed by atoms with Crippen LogP contribution in [0.25, 0.3) is 0 Å². The Labute approximate surface area is 172 Å². The average Bonchev–Trinajstić information content (AvgIpc) is 2.99. The lowest BCUT2D eigenvalue weighted by atomic mass is 9.96. The van der Waals surface area contributed by atoms with Crippen molar-refractivity contribution in [2.24, 2.45) is 4.99 Å². The zero-order valence-electron chi connectivity index (χ0n) is 17.1. The van der Waals surface area contributed by atoms with Crippen molar-refractivity contribution in [2.45, 2.75) is 33.3 Å². The van der Waals surface area contributed by atoms with Gasteiger partial charge in [0.05, 0.1) is 12.3 Å². The predicted octanol–water partition coefficient (Wildman–Crippen LogP) is 1.04. The molecule has 1 aromatic rings. The minimum atomic E-state index is -3.27. The van der Waals surface area contributed by atoms with E-state index in [1.165, 1.54) is 0 Å². The lowest BCUT2D eigenvalue weighted by Gasteiger charge is -2.26. The predicted molar refractivity (Wildman–Crippen MR) is 114 cm³/mol. The number of nitrogens with zero attached hydrogens (tertiary/aromatic N) is 2. The molecule has 3 N–H and O–H groups in total. The summed E-state index contributed by atoms with van der Waals surface area (Å²) >= 11 is 1.78. The van der Waals surface area contributed by atoms with Crippen LogP contribution in [0.4, 0.5) is 0 Å².